The molecule has 1 aliphatic rings. The molecule has 0 aromatic heterocycles. The van der Waals surface area contributed by atoms with Crippen LogP contribution in [0.4, 0.5) is 0 Å². The van der Waals surface area contributed by atoms with E-state index in [1.165, 1.54) is 12.8 Å². The molecule has 1 saturated carbocycles. The molecule has 0 aromatic carbocycles. The lowest BCUT2D eigenvalue weighted by Crippen LogP contribution is -2.53. The van der Waals surface area contributed by atoms with Crippen LogP contribution in [-0.4, -0.2) is 29.4 Å². The molecule has 1 rings (SSSR count). The lowest BCUT2D eigenvalue weighted by molar-refractivity contribution is -0.130. The van der Waals surface area contributed by atoms with E-state index in [1.807, 2.05) is 20.8 Å². The highest BCUT2D eigenvalue weighted by Gasteiger charge is 2.28. The van der Waals surface area contributed by atoms with Gasteiger partial charge in [-0.3, -0.25) is 9.59 Å². The molecule has 5 nitrogen and oxygen atoms in total. The third kappa shape index (κ3) is 5.49. The van der Waals surface area contributed by atoms with Gasteiger partial charge in [-0.1, -0.05) is 12.8 Å². The summed E-state index contributed by atoms with van der Waals surface area (Å²) in [4.78, 5) is 23.6. The number of hydrogen-bond acceptors (Lipinski definition) is 3. The standard InChI is InChI=1S/C13H25N3O2/c1-8(11(17)16-13(2,3)4)15-12(18)10(14)7-9-5-6-9/h8-10H,5-7,14H2,1-4H3,(H,15,18)(H,16,17)/t8?,10-/m0/s1. The molecular weight excluding hydrogens is 230 g/mol. The summed E-state index contributed by atoms with van der Waals surface area (Å²) in [5, 5.41) is 5.48. The summed E-state index contributed by atoms with van der Waals surface area (Å²) in [5.41, 5.74) is 5.49. The topological polar surface area (TPSA) is 84.2 Å². The van der Waals surface area contributed by atoms with Crippen molar-refractivity contribution >= 4 is 11.8 Å². The van der Waals surface area contributed by atoms with Crippen molar-refractivity contribution in [2.75, 3.05) is 0 Å². The molecule has 0 aromatic rings. The maximum absolute atomic E-state index is 11.8. The van der Waals surface area contributed by atoms with E-state index in [4.69, 9.17) is 5.73 Å². The van der Waals surface area contributed by atoms with Crippen molar-refractivity contribution in [2.24, 2.45) is 11.7 Å². The molecule has 104 valence electrons. The van der Waals surface area contributed by atoms with E-state index >= 15 is 0 Å². The zero-order valence-corrected chi connectivity index (χ0v) is 11.7. The smallest absolute Gasteiger partial charge is 0.242 e. The zero-order chi connectivity index (χ0) is 13.9. The molecule has 18 heavy (non-hydrogen) atoms. The summed E-state index contributed by atoms with van der Waals surface area (Å²) < 4.78 is 0. The van der Waals surface area contributed by atoms with Gasteiger partial charge in [0.05, 0.1) is 6.04 Å². The minimum absolute atomic E-state index is 0.186. The van der Waals surface area contributed by atoms with Crippen molar-refractivity contribution in [3.8, 4) is 0 Å². The summed E-state index contributed by atoms with van der Waals surface area (Å²) in [6, 6.07) is -1.05. The Morgan fingerprint density at radius 3 is 2.28 bits per heavy atom. The number of nitrogens with one attached hydrogen (secondary N) is 2. The molecule has 1 unspecified atom stereocenters. The van der Waals surface area contributed by atoms with Gasteiger partial charge < -0.3 is 16.4 Å². The van der Waals surface area contributed by atoms with E-state index < -0.39 is 12.1 Å². The average molecular weight is 255 g/mol. The average Bonchev–Trinajstić information content (AvgIpc) is 2.98. The molecule has 4 N–H and O–H groups in total. The first kappa shape index (κ1) is 15.0. The highest BCUT2D eigenvalue weighted by atomic mass is 16.2. The molecule has 0 spiro atoms. The van der Waals surface area contributed by atoms with Crippen molar-refractivity contribution in [3.05, 3.63) is 0 Å². The van der Waals surface area contributed by atoms with Crippen LogP contribution in [0.3, 0.4) is 0 Å². The molecule has 0 bridgehead atoms. The third-order valence-electron chi connectivity index (χ3n) is 2.87. The fourth-order valence-electron chi connectivity index (χ4n) is 1.68. The number of carbonyl (C=O) groups excluding carboxylic acids is 2. The third-order valence-corrected chi connectivity index (χ3v) is 2.87. The van der Waals surface area contributed by atoms with Crippen molar-refractivity contribution in [2.45, 2.75) is 64.6 Å². The normalized spacial score (nSPS) is 18.9. The lowest BCUT2D eigenvalue weighted by atomic mass is 10.1. The Hall–Kier alpha value is -1.10. The van der Waals surface area contributed by atoms with Crippen LogP contribution in [0.1, 0.15) is 47.0 Å². The van der Waals surface area contributed by atoms with Crippen molar-refractivity contribution in [1.82, 2.24) is 10.6 Å². The zero-order valence-electron chi connectivity index (χ0n) is 11.7. The first-order valence-electron chi connectivity index (χ1n) is 6.57. The van der Waals surface area contributed by atoms with Crippen molar-refractivity contribution in [3.63, 3.8) is 0 Å². The van der Waals surface area contributed by atoms with Gasteiger partial charge in [0.1, 0.15) is 6.04 Å². The fourth-order valence-corrected chi connectivity index (χ4v) is 1.68. The molecule has 2 amide bonds. The molecule has 1 fully saturated rings. The monoisotopic (exact) mass is 255 g/mol. The number of carbonyl (C=O) groups is 2. The van der Waals surface area contributed by atoms with Crippen molar-refractivity contribution < 1.29 is 9.59 Å². The largest absolute Gasteiger partial charge is 0.350 e. The van der Waals surface area contributed by atoms with Gasteiger partial charge in [0.2, 0.25) is 11.8 Å². The maximum atomic E-state index is 11.8. The van der Waals surface area contributed by atoms with Gasteiger partial charge in [-0.15, -0.1) is 0 Å². The molecule has 5 heteroatoms. The van der Waals surface area contributed by atoms with Crippen LogP contribution in [0.25, 0.3) is 0 Å². The summed E-state index contributed by atoms with van der Waals surface area (Å²) >= 11 is 0. The van der Waals surface area contributed by atoms with E-state index in [1.54, 1.807) is 6.92 Å². The van der Waals surface area contributed by atoms with Gasteiger partial charge in [0.15, 0.2) is 0 Å². The molecular formula is C13H25N3O2. The van der Waals surface area contributed by atoms with Gasteiger partial charge in [-0.2, -0.15) is 0 Å². The van der Waals surface area contributed by atoms with E-state index in [-0.39, 0.29) is 17.4 Å². The molecule has 0 aliphatic heterocycles. The quantitative estimate of drug-likeness (QED) is 0.670. The first-order valence-corrected chi connectivity index (χ1v) is 6.57. The number of rotatable bonds is 5. The molecule has 2 atom stereocenters. The Labute approximate surface area is 109 Å². The second kappa shape index (κ2) is 5.69. The Kier molecular flexibility index (Phi) is 4.73. The maximum Gasteiger partial charge on any atom is 0.242 e. The van der Waals surface area contributed by atoms with Gasteiger partial charge in [-0.25, -0.2) is 0 Å². The molecule has 0 saturated heterocycles. The van der Waals surface area contributed by atoms with Gasteiger partial charge in [0.25, 0.3) is 0 Å². The first-order chi connectivity index (χ1) is 8.19. The Morgan fingerprint density at radius 1 is 1.28 bits per heavy atom. The fraction of sp³-hybridized carbons (Fsp3) is 0.846. The highest BCUT2D eigenvalue weighted by Crippen LogP contribution is 2.33. The second-order valence-corrected chi connectivity index (χ2v) is 6.26. The van der Waals surface area contributed by atoms with Crippen LogP contribution in [0.5, 0.6) is 0 Å². The van der Waals surface area contributed by atoms with Gasteiger partial charge >= 0.3 is 0 Å². The Bertz CT molecular complexity index is 319. The van der Waals surface area contributed by atoms with E-state index in [0.29, 0.717) is 5.92 Å². The van der Waals surface area contributed by atoms with Crippen LogP contribution in [-0.2, 0) is 9.59 Å². The predicted molar refractivity (Wildman–Crippen MR) is 70.8 cm³/mol. The van der Waals surface area contributed by atoms with Gasteiger partial charge in [-0.05, 0) is 40.0 Å². The minimum Gasteiger partial charge on any atom is -0.350 e. The summed E-state index contributed by atoms with van der Waals surface area (Å²) in [5.74, 6) is 0.178. The van der Waals surface area contributed by atoms with Crippen LogP contribution in [0.15, 0.2) is 0 Å². The van der Waals surface area contributed by atoms with Crippen molar-refractivity contribution in [1.29, 1.82) is 0 Å². The molecule has 1 aliphatic carbocycles. The Morgan fingerprint density at radius 2 is 1.83 bits per heavy atom. The summed E-state index contributed by atoms with van der Waals surface area (Å²) in [6.07, 6.45) is 3.06. The number of nitrogens with two attached hydrogens (primary N) is 1. The number of amides is 2. The van der Waals surface area contributed by atoms with Crippen LogP contribution >= 0.6 is 0 Å². The highest BCUT2D eigenvalue weighted by molar-refractivity contribution is 5.89. The lowest BCUT2D eigenvalue weighted by Gasteiger charge is -2.24. The van der Waals surface area contributed by atoms with Crippen LogP contribution in [0.2, 0.25) is 0 Å². The molecule has 0 heterocycles. The molecule has 0 radical (unpaired) electrons. The van der Waals surface area contributed by atoms with E-state index in [0.717, 1.165) is 6.42 Å². The minimum atomic E-state index is -0.554. The summed E-state index contributed by atoms with van der Waals surface area (Å²) in [7, 11) is 0. The SMILES string of the molecule is CC(NC(=O)[C@@H](N)CC1CC1)C(=O)NC(C)(C)C. The van der Waals surface area contributed by atoms with Gasteiger partial charge in [0, 0.05) is 5.54 Å². The summed E-state index contributed by atoms with van der Waals surface area (Å²) in [6.45, 7) is 7.37. The number of hydrogen-bond donors (Lipinski definition) is 3. The Balaban J connectivity index is 2.35. The second-order valence-electron chi connectivity index (χ2n) is 6.26. The van der Waals surface area contributed by atoms with E-state index in [2.05, 4.69) is 10.6 Å². The van der Waals surface area contributed by atoms with Crippen LogP contribution in [0, 0.1) is 5.92 Å². The van der Waals surface area contributed by atoms with Crippen LogP contribution < -0.4 is 16.4 Å². The predicted octanol–water partition coefficient (Wildman–Crippen LogP) is 0.533. The van der Waals surface area contributed by atoms with E-state index in [9.17, 15) is 9.59 Å².